The van der Waals surface area contributed by atoms with Crippen LogP contribution < -0.4 is 20.3 Å². The molecule has 1 heterocycles. The summed E-state index contributed by atoms with van der Waals surface area (Å²) in [7, 11) is 3.52. The lowest BCUT2D eigenvalue weighted by atomic mass is 10.1. The van der Waals surface area contributed by atoms with Crippen LogP contribution in [0.1, 0.15) is 0 Å². The van der Waals surface area contributed by atoms with Gasteiger partial charge in [-0.3, -0.25) is 10.1 Å². The number of rotatable bonds is 5. The van der Waals surface area contributed by atoms with Crippen molar-refractivity contribution in [2.45, 2.75) is 0 Å². The van der Waals surface area contributed by atoms with Crippen molar-refractivity contribution in [3.8, 4) is 5.75 Å². The highest BCUT2D eigenvalue weighted by Crippen LogP contribution is 2.37. The lowest BCUT2D eigenvalue weighted by Gasteiger charge is -2.35. The SMILES string of the molecule is C=CC(=O)Nc1cc(NC(=O)O)c(OC)cc1N1CCN(C)CC1. The first-order chi connectivity index (χ1) is 11.4. The van der Waals surface area contributed by atoms with E-state index in [9.17, 15) is 9.59 Å². The zero-order valence-electron chi connectivity index (χ0n) is 13.8. The van der Waals surface area contributed by atoms with Crippen LogP contribution in [0.5, 0.6) is 5.75 Å². The standard InChI is InChI=1S/C16H22N4O4/c1-4-15(21)17-11-9-12(18-16(22)23)14(24-3)10-13(11)20-7-5-19(2)6-8-20/h4,9-10,18H,1,5-8H2,2-3H3,(H,17,21)(H,22,23). The molecule has 1 saturated heterocycles. The summed E-state index contributed by atoms with van der Waals surface area (Å²) in [5.74, 6) is 0.0275. The molecular weight excluding hydrogens is 312 g/mol. The van der Waals surface area contributed by atoms with Crippen LogP contribution in [0.25, 0.3) is 0 Å². The number of methoxy groups -OCH3 is 1. The fraction of sp³-hybridized carbons (Fsp3) is 0.375. The highest BCUT2D eigenvalue weighted by atomic mass is 16.5. The molecule has 0 radical (unpaired) electrons. The van der Waals surface area contributed by atoms with Crippen molar-refractivity contribution in [3.05, 3.63) is 24.8 Å². The Bertz CT molecular complexity index is 639. The average Bonchev–Trinajstić information content (AvgIpc) is 2.55. The Morgan fingerprint density at radius 1 is 1.21 bits per heavy atom. The summed E-state index contributed by atoms with van der Waals surface area (Å²) in [4.78, 5) is 27.0. The Morgan fingerprint density at radius 3 is 2.42 bits per heavy atom. The molecule has 0 spiro atoms. The van der Waals surface area contributed by atoms with Gasteiger partial charge in [0.25, 0.3) is 0 Å². The van der Waals surface area contributed by atoms with Crippen molar-refractivity contribution in [3.63, 3.8) is 0 Å². The maximum atomic E-state index is 11.7. The van der Waals surface area contributed by atoms with Crippen molar-refractivity contribution < 1.29 is 19.4 Å². The van der Waals surface area contributed by atoms with Gasteiger partial charge in [0.1, 0.15) is 5.75 Å². The predicted octanol–water partition coefficient (Wildman–Crippen LogP) is 1.66. The summed E-state index contributed by atoms with van der Waals surface area (Å²) in [6.45, 7) is 6.82. The third-order valence-corrected chi connectivity index (χ3v) is 3.85. The Kier molecular flexibility index (Phi) is 5.64. The number of carbonyl (C=O) groups is 2. The average molecular weight is 334 g/mol. The third kappa shape index (κ3) is 4.17. The molecule has 0 bridgehead atoms. The molecule has 130 valence electrons. The summed E-state index contributed by atoms with van der Waals surface area (Å²) in [6.07, 6.45) is -0.0379. The summed E-state index contributed by atoms with van der Waals surface area (Å²) in [5, 5.41) is 14.0. The molecule has 1 aliphatic heterocycles. The van der Waals surface area contributed by atoms with Crippen molar-refractivity contribution in [1.29, 1.82) is 0 Å². The quantitative estimate of drug-likeness (QED) is 0.709. The first-order valence-corrected chi connectivity index (χ1v) is 7.53. The molecule has 1 aliphatic rings. The first-order valence-electron chi connectivity index (χ1n) is 7.53. The fourth-order valence-corrected chi connectivity index (χ4v) is 2.54. The van der Waals surface area contributed by atoms with Gasteiger partial charge in [-0.05, 0) is 19.2 Å². The second kappa shape index (κ2) is 7.69. The molecule has 0 aromatic heterocycles. The van der Waals surface area contributed by atoms with E-state index in [1.807, 2.05) is 0 Å². The van der Waals surface area contributed by atoms with Gasteiger partial charge in [0.15, 0.2) is 0 Å². The first kappa shape index (κ1) is 17.6. The Hall–Kier alpha value is -2.74. The van der Waals surface area contributed by atoms with Gasteiger partial charge < -0.3 is 25.0 Å². The summed E-state index contributed by atoms with van der Waals surface area (Å²) in [5.41, 5.74) is 1.56. The van der Waals surface area contributed by atoms with Gasteiger partial charge in [-0.25, -0.2) is 4.79 Å². The molecule has 2 amide bonds. The molecule has 2 rings (SSSR count). The maximum absolute atomic E-state index is 11.7. The second-order valence-electron chi connectivity index (χ2n) is 5.48. The minimum Gasteiger partial charge on any atom is -0.494 e. The number of carbonyl (C=O) groups excluding carboxylic acids is 1. The van der Waals surface area contributed by atoms with E-state index in [0.717, 1.165) is 31.9 Å². The molecule has 24 heavy (non-hydrogen) atoms. The van der Waals surface area contributed by atoms with Gasteiger partial charge in [0.2, 0.25) is 5.91 Å². The summed E-state index contributed by atoms with van der Waals surface area (Å²) >= 11 is 0. The molecule has 1 aromatic carbocycles. The van der Waals surface area contributed by atoms with E-state index in [2.05, 4.69) is 34.1 Å². The Labute approximate surface area is 140 Å². The minimum atomic E-state index is -1.21. The Morgan fingerprint density at radius 2 is 1.88 bits per heavy atom. The summed E-state index contributed by atoms with van der Waals surface area (Å²) < 4.78 is 5.29. The van der Waals surface area contributed by atoms with E-state index in [1.54, 1.807) is 12.1 Å². The van der Waals surface area contributed by atoms with Crippen molar-refractivity contribution in [2.24, 2.45) is 0 Å². The smallest absolute Gasteiger partial charge is 0.409 e. The number of hydrogen-bond acceptors (Lipinski definition) is 5. The van der Waals surface area contributed by atoms with E-state index >= 15 is 0 Å². The van der Waals surface area contributed by atoms with E-state index in [1.165, 1.54) is 13.2 Å². The van der Waals surface area contributed by atoms with Crippen LogP contribution in [0.15, 0.2) is 24.8 Å². The van der Waals surface area contributed by atoms with Crippen LogP contribution in [0.2, 0.25) is 0 Å². The fourth-order valence-electron chi connectivity index (χ4n) is 2.54. The zero-order chi connectivity index (χ0) is 17.7. The van der Waals surface area contributed by atoms with Gasteiger partial charge >= 0.3 is 6.09 Å². The monoisotopic (exact) mass is 334 g/mol. The number of piperazine rings is 1. The predicted molar refractivity (Wildman–Crippen MR) is 93.2 cm³/mol. The zero-order valence-corrected chi connectivity index (χ0v) is 13.8. The molecule has 8 nitrogen and oxygen atoms in total. The minimum absolute atomic E-state index is 0.266. The lowest BCUT2D eigenvalue weighted by molar-refractivity contribution is -0.111. The number of nitrogens with one attached hydrogen (secondary N) is 2. The molecule has 8 heteroatoms. The molecule has 1 aromatic rings. The molecule has 0 unspecified atom stereocenters. The van der Waals surface area contributed by atoms with Gasteiger partial charge in [0, 0.05) is 32.2 Å². The van der Waals surface area contributed by atoms with Gasteiger partial charge in [0.05, 0.1) is 24.2 Å². The third-order valence-electron chi connectivity index (χ3n) is 3.85. The number of anilines is 3. The van der Waals surface area contributed by atoms with Gasteiger partial charge in [-0.15, -0.1) is 0 Å². The summed E-state index contributed by atoms with van der Waals surface area (Å²) in [6, 6.07) is 3.29. The maximum Gasteiger partial charge on any atom is 0.409 e. The normalized spacial score (nSPS) is 14.8. The van der Waals surface area contributed by atoms with E-state index in [0.29, 0.717) is 11.4 Å². The van der Waals surface area contributed by atoms with Crippen LogP contribution in [-0.4, -0.2) is 62.3 Å². The van der Waals surface area contributed by atoms with Crippen LogP contribution in [-0.2, 0) is 4.79 Å². The Balaban J connectivity index is 2.43. The van der Waals surface area contributed by atoms with Crippen molar-refractivity contribution in [1.82, 2.24) is 4.90 Å². The molecule has 0 saturated carbocycles. The highest BCUT2D eigenvalue weighted by Gasteiger charge is 2.21. The highest BCUT2D eigenvalue weighted by molar-refractivity contribution is 6.02. The number of amides is 2. The van der Waals surface area contributed by atoms with E-state index in [-0.39, 0.29) is 11.6 Å². The van der Waals surface area contributed by atoms with Crippen molar-refractivity contribution in [2.75, 3.05) is 55.9 Å². The second-order valence-corrected chi connectivity index (χ2v) is 5.48. The molecule has 1 fully saturated rings. The molecule has 0 atom stereocenters. The number of nitrogens with zero attached hydrogens (tertiary/aromatic N) is 2. The largest absolute Gasteiger partial charge is 0.494 e. The van der Waals surface area contributed by atoms with Crippen molar-refractivity contribution >= 4 is 29.1 Å². The van der Waals surface area contributed by atoms with E-state index in [4.69, 9.17) is 9.84 Å². The van der Waals surface area contributed by atoms with Crippen LogP contribution in [0, 0.1) is 0 Å². The van der Waals surface area contributed by atoms with Gasteiger partial charge in [-0.2, -0.15) is 0 Å². The van der Waals surface area contributed by atoms with Gasteiger partial charge in [-0.1, -0.05) is 6.58 Å². The number of likely N-dealkylation sites (N-methyl/N-ethyl adjacent to an activating group) is 1. The molecule has 3 N–H and O–H groups in total. The number of carboxylic acid groups (broad SMARTS) is 1. The number of hydrogen-bond donors (Lipinski definition) is 3. The van der Waals surface area contributed by atoms with Crippen LogP contribution in [0.3, 0.4) is 0 Å². The topological polar surface area (TPSA) is 94.1 Å². The number of benzene rings is 1. The molecule has 0 aliphatic carbocycles. The molecular formula is C16H22N4O4. The van der Waals surface area contributed by atoms with Crippen LogP contribution >= 0.6 is 0 Å². The van der Waals surface area contributed by atoms with E-state index < -0.39 is 6.09 Å². The van der Waals surface area contributed by atoms with Crippen LogP contribution in [0.4, 0.5) is 21.9 Å². The number of ether oxygens (including phenoxy) is 1. The lowest BCUT2D eigenvalue weighted by Crippen LogP contribution is -2.44.